The van der Waals surface area contributed by atoms with Crippen LogP contribution in [0.1, 0.15) is 42.1 Å². The second-order valence-corrected chi connectivity index (χ2v) is 5.82. The lowest BCUT2D eigenvalue weighted by molar-refractivity contribution is 0.0698. The SMILES string of the molecule is CCCN1CCC(Nc2cc(C)c(N)c(C(=O)O)c2)CC1. The summed E-state index contributed by atoms with van der Waals surface area (Å²) in [5.41, 5.74) is 8.02. The van der Waals surface area contributed by atoms with E-state index in [1.165, 1.54) is 6.42 Å². The summed E-state index contributed by atoms with van der Waals surface area (Å²) in [5.74, 6) is -0.975. The standard InChI is InChI=1S/C16H25N3O2/c1-3-6-19-7-4-12(5-8-19)18-13-9-11(2)15(17)14(10-13)16(20)21/h9-10,12,18H,3-8,17H2,1-2H3,(H,20,21). The van der Waals surface area contributed by atoms with Crippen molar-refractivity contribution in [3.8, 4) is 0 Å². The Morgan fingerprint density at radius 3 is 2.67 bits per heavy atom. The summed E-state index contributed by atoms with van der Waals surface area (Å²) < 4.78 is 0. The van der Waals surface area contributed by atoms with Crippen molar-refractivity contribution in [1.29, 1.82) is 0 Å². The third-order valence-corrected chi connectivity index (χ3v) is 4.12. The first-order valence-corrected chi connectivity index (χ1v) is 7.63. The summed E-state index contributed by atoms with van der Waals surface area (Å²) in [6.45, 7) is 7.42. The van der Waals surface area contributed by atoms with Crippen LogP contribution in [0.25, 0.3) is 0 Å². The molecule has 0 saturated carbocycles. The molecule has 1 aromatic rings. The van der Waals surface area contributed by atoms with Crippen LogP contribution in [0, 0.1) is 6.92 Å². The van der Waals surface area contributed by atoms with Gasteiger partial charge in [-0.3, -0.25) is 0 Å². The van der Waals surface area contributed by atoms with Crippen LogP contribution in [-0.2, 0) is 0 Å². The molecule has 0 amide bonds. The monoisotopic (exact) mass is 291 g/mol. The minimum Gasteiger partial charge on any atom is -0.478 e. The van der Waals surface area contributed by atoms with E-state index in [0.29, 0.717) is 11.7 Å². The van der Waals surface area contributed by atoms with Crippen LogP contribution in [0.4, 0.5) is 11.4 Å². The third-order valence-electron chi connectivity index (χ3n) is 4.12. The van der Waals surface area contributed by atoms with E-state index in [2.05, 4.69) is 17.1 Å². The molecule has 5 heteroatoms. The molecule has 0 atom stereocenters. The van der Waals surface area contributed by atoms with Crippen LogP contribution in [0.2, 0.25) is 0 Å². The number of benzene rings is 1. The fourth-order valence-corrected chi connectivity index (χ4v) is 2.91. The first-order valence-electron chi connectivity index (χ1n) is 7.63. The molecule has 0 aromatic heterocycles. The fourth-order valence-electron chi connectivity index (χ4n) is 2.91. The Kier molecular flexibility index (Phi) is 5.07. The first-order chi connectivity index (χ1) is 10.0. The Hall–Kier alpha value is -1.75. The van der Waals surface area contributed by atoms with Crippen molar-refractivity contribution in [3.63, 3.8) is 0 Å². The number of carbonyl (C=O) groups is 1. The number of nitrogen functional groups attached to an aromatic ring is 1. The summed E-state index contributed by atoms with van der Waals surface area (Å²) in [6, 6.07) is 3.98. The minimum atomic E-state index is -0.975. The molecule has 5 nitrogen and oxygen atoms in total. The maximum atomic E-state index is 11.2. The van der Waals surface area contributed by atoms with Gasteiger partial charge in [0, 0.05) is 30.5 Å². The van der Waals surface area contributed by atoms with E-state index >= 15 is 0 Å². The number of aromatic carboxylic acids is 1. The molecule has 0 bridgehead atoms. The average molecular weight is 291 g/mol. The van der Waals surface area contributed by atoms with Crippen LogP contribution >= 0.6 is 0 Å². The van der Waals surface area contributed by atoms with Gasteiger partial charge in [-0.05, 0) is 50.4 Å². The van der Waals surface area contributed by atoms with Crippen LogP contribution < -0.4 is 11.1 Å². The first kappa shape index (κ1) is 15.6. The summed E-state index contributed by atoms with van der Waals surface area (Å²) in [7, 11) is 0. The lowest BCUT2D eigenvalue weighted by Gasteiger charge is -2.32. The van der Waals surface area contributed by atoms with Gasteiger partial charge in [0.1, 0.15) is 0 Å². The lowest BCUT2D eigenvalue weighted by atomic mass is 10.0. The molecular formula is C16H25N3O2. The minimum absolute atomic E-state index is 0.181. The maximum Gasteiger partial charge on any atom is 0.337 e. The van der Waals surface area contributed by atoms with E-state index in [1.807, 2.05) is 13.0 Å². The number of hydrogen-bond acceptors (Lipinski definition) is 4. The second kappa shape index (κ2) is 6.80. The number of likely N-dealkylation sites (tertiary alicyclic amines) is 1. The van der Waals surface area contributed by atoms with Gasteiger partial charge >= 0.3 is 5.97 Å². The largest absolute Gasteiger partial charge is 0.478 e. The molecule has 1 saturated heterocycles. The topological polar surface area (TPSA) is 78.6 Å². The highest BCUT2D eigenvalue weighted by molar-refractivity contribution is 5.95. The van der Waals surface area contributed by atoms with Gasteiger partial charge in [0.05, 0.1) is 5.56 Å². The van der Waals surface area contributed by atoms with Crippen molar-refractivity contribution in [2.45, 2.75) is 39.2 Å². The molecule has 0 aliphatic carbocycles. The molecule has 0 radical (unpaired) electrons. The molecule has 0 spiro atoms. The number of anilines is 2. The quantitative estimate of drug-likeness (QED) is 0.727. The summed E-state index contributed by atoms with van der Waals surface area (Å²) >= 11 is 0. The highest BCUT2D eigenvalue weighted by atomic mass is 16.4. The zero-order chi connectivity index (χ0) is 15.4. The predicted octanol–water partition coefficient (Wildman–Crippen LogP) is 2.56. The molecule has 116 valence electrons. The second-order valence-electron chi connectivity index (χ2n) is 5.82. The van der Waals surface area contributed by atoms with Crippen LogP contribution in [0.15, 0.2) is 12.1 Å². The van der Waals surface area contributed by atoms with Gasteiger partial charge in [-0.15, -0.1) is 0 Å². The van der Waals surface area contributed by atoms with Crippen molar-refractivity contribution in [2.75, 3.05) is 30.7 Å². The number of nitrogens with one attached hydrogen (secondary N) is 1. The van der Waals surface area contributed by atoms with Gasteiger partial charge in [0.25, 0.3) is 0 Å². The van der Waals surface area contributed by atoms with Crippen molar-refractivity contribution in [3.05, 3.63) is 23.3 Å². The Balaban J connectivity index is 2.02. The summed E-state index contributed by atoms with van der Waals surface area (Å²) in [6.07, 6.45) is 3.37. The van der Waals surface area contributed by atoms with Gasteiger partial charge in [-0.25, -0.2) is 4.79 Å². The van der Waals surface area contributed by atoms with Gasteiger partial charge in [0.2, 0.25) is 0 Å². The number of piperidine rings is 1. The smallest absolute Gasteiger partial charge is 0.337 e. The number of rotatable bonds is 5. The summed E-state index contributed by atoms with van der Waals surface area (Å²) in [4.78, 5) is 13.7. The van der Waals surface area contributed by atoms with E-state index < -0.39 is 5.97 Å². The summed E-state index contributed by atoms with van der Waals surface area (Å²) in [5, 5.41) is 12.7. The number of aryl methyl sites for hydroxylation is 1. The molecule has 1 aliphatic heterocycles. The number of carboxylic acids is 1. The average Bonchev–Trinajstić information content (AvgIpc) is 2.45. The number of hydrogen-bond donors (Lipinski definition) is 3. The van der Waals surface area contributed by atoms with Crippen LogP contribution in [-0.4, -0.2) is 41.7 Å². The predicted molar refractivity (Wildman–Crippen MR) is 85.9 cm³/mol. The normalized spacial score (nSPS) is 16.9. The maximum absolute atomic E-state index is 11.2. The van der Waals surface area contributed by atoms with Crippen LogP contribution in [0.5, 0.6) is 0 Å². The van der Waals surface area contributed by atoms with Crippen molar-refractivity contribution in [1.82, 2.24) is 4.90 Å². The zero-order valence-corrected chi connectivity index (χ0v) is 12.9. The number of nitrogens with two attached hydrogens (primary N) is 1. The Morgan fingerprint density at radius 1 is 1.43 bits per heavy atom. The van der Waals surface area contributed by atoms with Gasteiger partial charge in [-0.1, -0.05) is 6.92 Å². The van der Waals surface area contributed by atoms with Crippen molar-refractivity contribution in [2.24, 2.45) is 0 Å². The van der Waals surface area contributed by atoms with E-state index in [0.717, 1.165) is 43.7 Å². The molecule has 1 heterocycles. The lowest BCUT2D eigenvalue weighted by Crippen LogP contribution is -2.39. The van der Waals surface area contributed by atoms with Gasteiger partial charge < -0.3 is 21.1 Å². The molecule has 1 aliphatic rings. The van der Waals surface area contributed by atoms with E-state index in [1.54, 1.807) is 6.07 Å². The Bertz CT molecular complexity index is 508. The molecule has 1 aromatic carbocycles. The molecule has 1 fully saturated rings. The Labute approximate surface area is 126 Å². The van der Waals surface area contributed by atoms with E-state index in [4.69, 9.17) is 5.73 Å². The van der Waals surface area contributed by atoms with Crippen LogP contribution in [0.3, 0.4) is 0 Å². The highest BCUT2D eigenvalue weighted by Crippen LogP contribution is 2.25. The molecular weight excluding hydrogens is 266 g/mol. The van der Waals surface area contributed by atoms with Gasteiger partial charge in [0.15, 0.2) is 0 Å². The zero-order valence-electron chi connectivity index (χ0n) is 12.9. The fraction of sp³-hybridized carbons (Fsp3) is 0.562. The molecule has 0 unspecified atom stereocenters. The third kappa shape index (κ3) is 3.88. The highest BCUT2D eigenvalue weighted by Gasteiger charge is 2.19. The van der Waals surface area contributed by atoms with Crippen molar-refractivity contribution < 1.29 is 9.90 Å². The van der Waals surface area contributed by atoms with E-state index in [9.17, 15) is 9.90 Å². The Morgan fingerprint density at radius 2 is 2.10 bits per heavy atom. The molecule has 21 heavy (non-hydrogen) atoms. The van der Waals surface area contributed by atoms with E-state index in [-0.39, 0.29) is 5.56 Å². The molecule has 2 rings (SSSR count). The van der Waals surface area contributed by atoms with Gasteiger partial charge in [-0.2, -0.15) is 0 Å². The van der Waals surface area contributed by atoms with Crippen molar-refractivity contribution >= 4 is 17.3 Å². The molecule has 4 N–H and O–H groups in total. The number of nitrogens with zero attached hydrogens (tertiary/aromatic N) is 1. The number of carboxylic acid groups (broad SMARTS) is 1.